The van der Waals surface area contributed by atoms with Crippen LogP contribution in [0.1, 0.15) is 26.2 Å². The van der Waals surface area contributed by atoms with Crippen LogP contribution in [-0.2, 0) is 9.59 Å². The van der Waals surface area contributed by atoms with E-state index in [4.69, 9.17) is 0 Å². The van der Waals surface area contributed by atoms with Crippen LogP contribution in [0.5, 0.6) is 0 Å². The molecule has 86 valence electrons. The molecular formula is C11H20N2O2. The molecular weight excluding hydrogens is 192 g/mol. The van der Waals surface area contributed by atoms with Crippen LogP contribution in [0.3, 0.4) is 0 Å². The molecule has 0 aromatic heterocycles. The number of nitrogens with zero attached hydrogens (tertiary/aromatic N) is 2. The molecule has 1 unspecified atom stereocenters. The number of ketones is 1. The summed E-state index contributed by atoms with van der Waals surface area (Å²) in [6.07, 6.45) is 2.23. The number of carbonyl (C=O) groups is 2. The number of hydrogen-bond donors (Lipinski definition) is 0. The van der Waals surface area contributed by atoms with Crippen LogP contribution < -0.4 is 0 Å². The van der Waals surface area contributed by atoms with Crippen LogP contribution in [0.25, 0.3) is 0 Å². The monoisotopic (exact) mass is 212 g/mol. The second kappa shape index (κ2) is 5.26. The van der Waals surface area contributed by atoms with Crippen LogP contribution in [0, 0.1) is 0 Å². The summed E-state index contributed by atoms with van der Waals surface area (Å²) in [4.78, 5) is 26.5. The first-order valence-corrected chi connectivity index (χ1v) is 5.44. The van der Waals surface area contributed by atoms with Gasteiger partial charge in [0.1, 0.15) is 5.78 Å². The van der Waals surface area contributed by atoms with Gasteiger partial charge < -0.3 is 9.80 Å². The minimum absolute atomic E-state index is 0.0194. The first-order valence-electron chi connectivity index (χ1n) is 5.44. The molecule has 1 aliphatic heterocycles. The summed E-state index contributed by atoms with van der Waals surface area (Å²) in [7, 11) is 4.06. The number of carbonyl (C=O) groups excluding carboxylic acids is 2. The lowest BCUT2D eigenvalue weighted by atomic mass is 10.0. The molecule has 0 bridgehead atoms. The van der Waals surface area contributed by atoms with Crippen molar-refractivity contribution in [1.29, 1.82) is 0 Å². The third kappa shape index (κ3) is 3.63. The molecule has 1 amide bonds. The van der Waals surface area contributed by atoms with E-state index >= 15 is 0 Å². The summed E-state index contributed by atoms with van der Waals surface area (Å²) < 4.78 is 0. The fraction of sp³-hybridized carbons (Fsp3) is 0.818. The highest BCUT2D eigenvalue weighted by Gasteiger charge is 2.24. The molecule has 1 saturated heterocycles. The first kappa shape index (κ1) is 12.2. The van der Waals surface area contributed by atoms with E-state index < -0.39 is 0 Å². The zero-order valence-electron chi connectivity index (χ0n) is 9.82. The molecule has 0 radical (unpaired) electrons. The van der Waals surface area contributed by atoms with Gasteiger partial charge in [-0.25, -0.2) is 0 Å². The van der Waals surface area contributed by atoms with E-state index in [0.717, 1.165) is 25.9 Å². The Kier molecular flexibility index (Phi) is 4.27. The summed E-state index contributed by atoms with van der Waals surface area (Å²) in [5.41, 5.74) is 0. The summed E-state index contributed by atoms with van der Waals surface area (Å²) in [6, 6.07) is 0.439. The molecule has 4 heteroatoms. The number of rotatable bonds is 3. The Morgan fingerprint density at radius 1 is 1.40 bits per heavy atom. The minimum Gasteiger partial charge on any atom is -0.341 e. The maximum Gasteiger partial charge on any atom is 0.230 e. The Labute approximate surface area is 91.2 Å². The van der Waals surface area contributed by atoms with Crippen LogP contribution >= 0.6 is 0 Å². The van der Waals surface area contributed by atoms with Gasteiger partial charge in [-0.2, -0.15) is 0 Å². The highest BCUT2D eigenvalue weighted by Crippen LogP contribution is 2.14. The topological polar surface area (TPSA) is 40.6 Å². The lowest BCUT2D eigenvalue weighted by Gasteiger charge is -2.36. The molecule has 0 aliphatic carbocycles. The molecule has 1 atom stereocenters. The fourth-order valence-electron chi connectivity index (χ4n) is 1.93. The smallest absolute Gasteiger partial charge is 0.230 e. The molecule has 15 heavy (non-hydrogen) atoms. The second-order valence-electron chi connectivity index (χ2n) is 4.48. The summed E-state index contributed by atoms with van der Waals surface area (Å²) in [5, 5.41) is 0. The van der Waals surface area contributed by atoms with Crippen molar-refractivity contribution in [1.82, 2.24) is 9.80 Å². The lowest BCUT2D eigenvalue weighted by molar-refractivity contribution is -0.136. The van der Waals surface area contributed by atoms with E-state index in [1.807, 2.05) is 19.0 Å². The van der Waals surface area contributed by atoms with Gasteiger partial charge in [-0.1, -0.05) is 0 Å². The van der Waals surface area contributed by atoms with E-state index in [9.17, 15) is 9.59 Å². The highest BCUT2D eigenvalue weighted by atomic mass is 16.2. The molecule has 0 saturated carbocycles. The standard InChI is InChI=1S/C11H20N2O2/c1-9(14)7-11(15)13-6-4-5-10(8-13)12(2)3/h10H,4-8H2,1-3H3. The Morgan fingerprint density at radius 3 is 2.60 bits per heavy atom. The number of Topliss-reactive ketones (excluding diaryl/α,β-unsaturated/α-hetero) is 1. The quantitative estimate of drug-likeness (QED) is 0.640. The van der Waals surface area contributed by atoms with Gasteiger partial charge in [-0.15, -0.1) is 0 Å². The number of piperidine rings is 1. The van der Waals surface area contributed by atoms with Gasteiger partial charge in [0.05, 0.1) is 6.42 Å². The predicted molar refractivity (Wildman–Crippen MR) is 58.6 cm³/mol. The van der Waals surface area contributed by atoms with Crippen LogP contribution in [0.4, 0.5) is 0 Å². The highest BCUT2D eigenvalue weighted by molar-refractivity contribution is 5.96. The van der Waals surface area contributed by atoms with E-state index in [1.54, 1.807) is 0 Å². The molecule has 0 N–H and O–H groups in total. The molecule has 0 aromatic carbocycles. The molecule has 1 rings (SSSR count). The zero-order valence-corrected chi connectivity index (χ0v) is 9.82. The molecule has 0 spiro atoms. The Morgan fingerprint density at radius 2 is 2.07 bits per heavy atom. The Balaban J connectivity index is 2.48. The maximum absolute atomic E-state index is 11.7. The average molecular weight is 212 g/mol. The van der Waals surface area contributed by atoms with Crippen molar-refractivity contribution in [2.45, 2.75) is 32.2 Å². The van der Waals surface area contributed by atoms with Gasteiger partial charge in [0.15, 0.2) is 0 Å². The molecule has 0 aromatic rings. The second-order valence-corrected chi connectivity index (χ2v) is 4.48. The van der Waals surface area contributed by atoms with Crippen LogP contribution in [0.2, 0.25) is 0 Å². The Hall–Kier alpha value is -0.900. The predicted octanol–water partition coefficient (Wildman–Crippen LogP) is 0.518. The normalized spacial score (nSPS) is 21.9. The van der Waals surface area contributed by atoms with Crippen LogP contribution in [-0.4, -0.2) is 54.7 Å². The summed E-state index contributed by atoms with van der Waals surface area (Å²) >= 11 is 0. The first-order chi connectivity index (χ1) is 7.00. The van der Waals surface area contributed by atoms with Crippen molar-refractivity contribution in [3.8, 4) is 0 Å². The number of likely N-dealkylation sites (N-methyl/N-ethyl adjacent to an activating group) is 1. The SMILES string of the molecule is CC(=O)CC(=O)N1CCCC(N(C)C)C1. The van der Waals surface area contributed by atoms with E-state index in [0.29, 0.717) is 6.04 Å². The van der Waals surface area contributed by atoms with Crippen molar-refractivity contribution in [2.75, 3.05) is 27.2 Å². The van der Waals surface area contributed by atoms with Crippen molar-refractivity contribution in [2.24, 2.45) is 0 Å². The molecule has 4 nitrogen and oxygen atoms in total. The van der Waals surface area contributed by atoms with E-state index in [-0.39, 0.29) is 18.1 Å². The molecule has 1 fully saturated rings. The Bertz CT molecular complexity index is 251. The van der Waals surface area contributed by atoms with Crippen molar-refractivity contribution in [3.05, 3.63) is 0 Å². The van der Waals surface area contributed by atoms with Gasteiger partial charge in [0, 0.05) is 19.1 Å². The average Bonchev–Trinajstić information content (AvgIpc) is 2.17. The van der Waals surface area contributed by atoms with Crippen LogP contribution in [0.15, 0.2) is 0 Å². The van der Waals surface area contributed by atoms with Gasteiger partial charge in [0.2, 0.25) is 5.91 Å². The van der Waals surface area contributed by atoms with Gasteiger partial charge in [-0.05, 0) is 33.9 Å². The maximum atomic E-state index is 11.7. The fourth-order valence-corrected chi connectivity index (χ4v) is 1.93. The minimum atomic E-state index is -0.0491. The number of hydrogen-bond acceptors (Lipinski definition) is 3. The van der Waals surface area contributed by atoms with Gasteiger partial charge in [0.25, 0.3) is 0 Å². The number of likely N-dealkylation sites (tertiary alicyclic amines) is 1. The van der Waals surface area contributed by atoms with E-state index in [1.165, 1.54) is 6.92 Å². The zero-order chi connectivity index (χ0) is 11.4. The molecule has 1 heterocycles. The lowest BCUT2D eigenvalue weighted by Crippen LogP contribution is -2.47. The third-order valence-corrected chi connectivity index (χ3v) is 2.88. The largest absolute Gasteiger partial charge is 0.341 e. The van der Waals surface area contributed by atoms with Crippen molar-refractivity contribution >= 4 is 11.7 Å². The van der Waals surface area contributed by atoms with Gasteiger partial charge in [-0.3, -0.25) is 9.59 Å². The van der Waals surface area contributed by atoms with Gasteiger partial charge >= 0.3 is 0 Å². The van der Waals surface area contributed by atoms with E-state index in [2.05, 4.69) is 4.90 Å². The summed E-state index contributed by atoms with van der Waals surface area (Å²) in [5.74, 6) is -0.0685. The molecule has 1 aliphatic rings. The van der Waals surface area contributed by atoms with Crippen molar-refractivity contribution in [3.63, 3.8) is 0 Å². The summed E-state index contributed by atoms with van der Waals surface area (Å²) in [6.45, 7) is 3.03. The number of amides is 1. The third-order valence-electron chi connectivity index (χ3n) is 2.88. The van der Waals surface area contributed by atoms with Crippen molar-refractivity contribution < 1.29 is 9.59 Å².